The number of hydrogen-bond donors (Lipinski definition) is 1. The Morgan fingerprint density at radius 1 is 1.26 bits per heavy atom. The van der Waals surface area contributed by atoms with Crippen LogP contribution in [0.5, 0.6) is 0 Å². The van der Waals surface area contributed by atoms with Gasteiger partial charge in [-0.1, -0.05) is 29.8 Å². The van der Waals surface area contributed by atoms with Gasteiger partial charge in [0, 0.05) is 52.8 Å². The van der Waals surface area contributed by atoms with E-state index in [0.717, 1.165) is 64.9 Å². The third-order valence-corrected chi connectivity index (χ3v) is 5.95. The average Bonchev–Trinajstić information content (AvgIpc) is 3.24. The van der Waals surface area contributed by atoms with E-state index >= 15 is 0 Å². The van der Waals surface area contributed by atoms with Gasteiger partial charge < -0.3 is 24.4 Å². The number of likely N-dealkylation sites (tertiary alicyclic amines) is 1. The van der Waals surface area contributed by atoms with Crippen molar-refractivity contribution in [2.75, 3.05) is 79.9 Å². The normalized spacial score (nSPS) is 21.1. The third kappa shape index (κ3) is 8.16. The highest BCUT2D eigenvalue weighted by Crippen LogP contribution is 2.23. The molecule has 31 heavy (non-hydrogen) atoms. The summed E-state index contributed by atoms with van der Waals surface area (Å²) in [6, 6.07) is 9.16. The van der Waals surface area contributed by atoms with Crippen molar-refractivity contribution in [3.63, 3.8) is 0 Å². The van der Waals surface area contributed by atoms with Crippen LogP contribution in [0.3, 0.4) is 0 Å². The molecule has 176 valence electrons. The van der Waals surface area contributed by atoms with Crippen molar-refractivity contribution in [2.24, 2.45) is 10.9 Å². The fraction of sp³-hybridized carbons (Fsp3) is 0.696. The molecule has 2 aliphatic heterocycles. The Kier molecular flexibility index (Phi) is 12.1. The smallest absolute Gasteiger partial charge is 0.193 e. The number of morpholine rings is 1. The summed E-state index contributed by atoms with van der Waals surface area (Å²) < 4.78 is 16.4. The molecule has 0 spiro atoms. The summed E-state index contributed by atoms with van der Waals surface area (Å²) in [5.41, 5.74) is 2.65. The number of rotatable bonds is 9. The van der Waals surface area contributed by atoms with Crippen LogP contribution >= 0.6 is 24.0 Å². The molecule has 0 bridgehead atoms. The molecule has 0 aliphatic carbocycles. The van der Waals surface area contributed by atoms with E-state index in [4.69, 9.17) is 14.2 Å². The Balaban J connectivity index is 0.00000341. The van der Waals surface area contributed by atoms with Crippen LogP contribution in [0, 0.1) is 12.8 Å². The van der Waals surface area contributed by atoms with E-state index in [-0.39, 0.29) is 24.0 Å². The minimum atomic E-state index is 0. The third-order valence-electron chi connectivity index (χ3n) is 5.95. The minimum Gasteiger partial charge on any atom is -0.382 e. The summed E-state index contributed by atoms with van der Waals surface area (Å²) in [6.45, 7) is 10.6. The second-order valence-corrected chi connectivity index (χ2v) is 8.17. The summed E-state index contributed by atoms with van der Waals surface area (Å²) in [5.74, 6) is 1.53. The van der Waals surface area contributed by atoms with E-state index in [9.17, 15) is 0 Å². The number of guanidine groups is 1. The molecule has 1 aromatic carbocycles. The lowest BCUT2D eigenvalue weighted by Gasteiger charge is -2.36. The van der Waals surface area contributed by atoms with Crippen LogP contribution in [0.4, 0.5) is 0 Å². The zero-order valence-corrected chi connectivity index (χ0v) is 21.5. The van der Waals surface area contributed by atoms with Gasteiger partial charge in [0.05, 0.1) is 39.1 Å². The van der Waals surface area contributed by atoms with Crippen LogP contribution in [-0.2, 0) is 14.2 Å². The molecule has 1 N–H and O–H groups in total. The molecule has 0 saturated carbocycles. The number of nitrogens with one attached hydrogen (secondary N) is 1. The highest BCUT2D eigenvalue weighted by Gasteiger charge is 2.27. The second kappa shape index (κ2) is 14.3. The predicted molar refractivity (Wildman–Crippen MR) is 135 cm³/mol. The maximum atomic E-state index is 5.74. The molecule has 8 heteroatoms. The Morgan fingerprint density at radius 2 is 2.06 bits per heavy atom. The van der Waals surface area contributed by atoms with Crippen LogP contribution in [0.25, 0.3) is 0 Å². The quantitative estimate of drug-likeness (QED) is 0.223. The number of aryl methyl sites for hydroxylation is 1. The molecule has 0 amide bonds. The van der Waals surface area contributed by atoms with Gasteiger partial charge in [-0.3, -0.25) is 9.89 Å². The first kappa shape index (κ1) is 26.3. The number of aliphatic imine (C=N–C) groups is 1. The van der Waals surface area contributed by atoms with Crippen LogP contribution < -0.4 is 5.32 Å². The molecule has 2 fully saturated rings. The lowest BCUT2D eigenvalue weighted by atomic mass is 10.0. The summed E-state index contributed by atoms with van der Waals surface area (Å²) >= 11 is 0. The molecule has 0 aromatic heterocycles. The van der Waals surface area contributed by atoms with Gasteiger partial charge in [-0.05, 0) is 18.9 Å². The molecule has 2 heterocycles. The summed E-state index contributed by atoms with van der Waals surface area (Å²) in [4.78, 5) is 9.45. The predicted octanol–water partition coefficient (Wildman–Crippen LogP) is 2.55. The minimum absolute atomic E-state index is 0. The highest BCUT2D eigenvalue weighted by atomic mass is 127. The van der Waals surface area contributed by atoms with Crippen LogP contribution in [0.1, 0.15) is 23.6 Å². The number of hydrogen-bond acceptors (Lipinski definition) is 5. The van der Waals surface area contributed by atoms with E-state index in [0.29, 0.717) is 25.2 Å². The fourth-order valence-corrected chi connectivity index (χ4v) is 4.30. The average molecular weight is 546 g/mol. The molecular formula is C23H39IN4O3. The van der Waals surface area contributed by atoms with Crippen LogP contribution in [-0.4, -0.2) is 95.7 Å². The van der Waals surface area contributed by atoms with Gasteiger partial charge in [-0.25, -0.2) is 0 Å². The topological polar surface area (TPSA) is 58.6 Å². The van der Waals surface area contributed by atoms with E-state index in [1.807, 2.05) is 7.05 Å². The van der Waals surface area contributed by atoms with Gasteiger partial charge in [-0.15, -0.1) is 24.0 Å². The summed E-state index contributed by atoms with van der Waals surface area (Å²) in [6.07, 6.45) is 1.14. The van der Waals surface area contributed by atoms with Crippen molar-refractivity contribution in [1.29, 1.82) is 0 Å². The monoisotopic (exact) mass is 546 g/mol. The Labute approximate surface area is 204 Å². The number of nitrogens with zero attached hydrogens (tertiary/aromatic N) is 3. The zero-order chi connectivity index (χ0) is 21.2. The summed E-state index contributed by atoms with van der Waals surface area (Å²) in [7, 11) is 3.58. The van der Waals surface area contributed by atoms with E-state index in [2.05, 4.69) is 51.3 Å². The van der Waals surface area contributed by atoms with Gasteiger partial charge in [0.1, 0.15) is 0 Å². The SMILES string of the molecule is CN=C(NCC(c1cccc(C)c1)N1CCOCC1)N1CCC(COCCOC)C1.I. The Hall–Kier alpha value is -0.940. The van der Waals surface area contributed by atoms with Crippen molar-refractivity contribution in [2.45, 2.75) is 19.4 Å². The molecule has 2 atom stereocenters. The van der Waals surface area contributed by atoms with Crippen molar-refractivity contribution < 1.29 is 14.2 Å². The highest BCUT2D eigenvalue weighted by molar-refractivity contribution is 14.0. The number of methoxy groups -OCH3 is 1. The standard InChI is InChI=1S/C23H38N4O3.HI/c1-19-5-4-6-21(15-19)22(26-9-11-29-12-10-26)16-25-23(24-2)27-8-7-20(17-27)18-30-14-13-28-3;/h4-6,15,20,22H,7-14,16-18H2,1-3H3,(H,24,25);1H. The molecule has 3 rings (SSSR count). The number of benzene rings is 1. The molecule has 1 aromatic rings. The van der Waals surface area contributed by atoms with E-state index in [1.165, 1.54) is 11.1 Å². The van der Waals surface area contributed by atoms with E-state index < -0.39 is 0 Å². The van der Waals surface area contributed by atoms with Crippen molar-refractivity contribution in [3.8, 4) is 0 Å². The lowest BCUT2D eigenvalue weighted by molar-refractivity contribution is 0.0169. The molecule has 7 nitrogen and oxygen atoms in total. The van der Waals surface area contributed by atoms with Crippen molar-refractivity contribution in [3.05, 3.63) is 35.4 Å². The van der Waals surface area contributed by atoms with Gasteiger partial charge in [-0.2, -0.15) is 0 Å². The molecule has 2 saturated heterocycles. The van der Waals surface area contributed by atoms with Crippen molar-refractivity contribution in [1.82, 2.24) is 15.1 Å². The largest absolute Gasteiger partial charge is 0.382 e. The zero-order valence-electron chi connectivity index (χ0n) is 19.2. The van der Waals surface area contributed by atoms with E-state index in [1.54, 1.807) is 7.11 Å². The van der Waals surface area contributed by atoms with Gasteiger partial charge in [0.25, 0.3) is 0 Å². The van der Waals surface area contributed by atoms with Gasteiger partial charge in [0.15, 0.2) is 5.96 Å². The van der Waals surface area contributed by atoms with Crippen LogP contribution in [0.2, 0.25) is 0 Å². The van der Waals surface area contributed by atoms with Crippen molar-refractivity contribution >= 4 is 29.9 Å². The molecule has 2 unspecified atom stereocenters. The number of ether oxygens (including phenoxy) is 3. The lowest BCUT2D eigenvalue weighted by Crippen LogP contribution is -2.47. The van der Waals surface area contributed by atoms with Gasteiger partial charge in [0.2, 0.25) is 0 Å². The maximum Gasteiger partial charge on any atom is 0.193 e. The Bertz CT molecular complexity index is 670. The summed E-state index contributed by atoms with van der Waals surface area (Å²) in [5, 5.41) is 3.66. The molecule has 2 aliphatic rings. The second-order valence-electron chi connectivity index (χ2n) is 8.17. The maximum absolute atomic E-state index is 5.74. The van der Waals surface area contributed by atoms with Gasteiger partial charge >= 0.3 is 0 Å². The molecular weight excluding hydrogens is 507 g/mol. The van der Waals surface area contributed by atoms with Crippen LogP contribution in [0.15, 0.2) is 29.3 Å². The molecule has 0 radical (unpaired) electrons. The first-order valence-corrected chi connectivity index (χ1v) is 11.1. The fourth-order valence-electron chi connectivity index (χ4n) is 4.30. The first-order chi connectivity index (χ1) is 14.7. The number of halogens is 1. The first-order valence-electron chi connectivity index (χ1n) is 11.1. The Morgan fingerprint density at radius 3 is 2.77 bits per heavy atom.